The number of benzene rings is 1. The van der Waals surface area contributed by atoms with E-state index in [-0.39, 0.29) is 41.6 Å². The number of nitrogens with two attached hydrogens (primary N) is 1. The Kier molecular flexibility index (Phi) is 6.73. The van der Waals surface area contributed by atoms with Gasteiger partial charge in [0.1, 0.15) is 17.7 Å². The van der Waals surface area contributed by atoms with Gasteiger partial charge in [-0.1, -0.05) is 12.8 Å². The fourth-order valence-corrected chi connectivity index (χ4v) is 7.71. The van der Waals surface area contributed by atoms with Crippen molar-refractivity contribution in [3.8, 4) is 5.75 Å². The van der Waals surface area contributed by atoms with E-state index in [1.807, 2.05) is 0 Å². The van der Waals surface area contributed by atoms with Gasteiger partial charge in [-0.15, -0.1) is 0 Å². The highest BCUT2D eigenvalue weighted by Gasteiger charge is 2.69. The van der Waals surface area contributed by atoms with Crippen molar-refractivity contribution in [3.05, 3.63) is 28.6 Å². The van der Waals surface area contributed by atoms with E-state index in [9.17, 15) is 34.5 Å². The minimum Gasteiger partial charge on any atom is -0.507 e. The number of phenolic OH excluding ortho intramolecular Hbond substituents is 1. The molecule has 4 aliphatic rings. The van der Waals surface area contributed by atoms with Crippen molar-refractivity contribution in [2.75, 3.05) is 14.1 Å². The Balaban J connectivity index is 1.54. The SMILES string of the molecule is CN(C)[C@@H]1C(=O)C(C(N)=O)C(=O)[C@@]2(O)C(O)C3C(=O)c4c(O)cc(CNC5(C)CCCC5)c(F)c4C[C@H]3C[C@@H]12. The molecule has 0 aliphatic heterocycles. The molecule has 3 unspecified atom stereocenters. The lowest BCUT2D eigenvalue weighted by atomic mass is 9.51. The number of nitrogens with zero attached hydrogens (tertiary/aromatic N) is 1. The molecule has 1 aromatic carbocycles. The number of fused-ring (bicyclic) bond motifs is 3. The Hall–Kier alpha value is -2.73. The lowest BCUT2D eigenvalue weighted by Crippen LogP contribution is -2.75. The number of halogens is 1. The molecule has 10 nitrogen and oxygen atoms in total. The van der Waals surface area contributed by atoms with Crippen molar-refractivity contribution in [2.24, 2.45) is 29.4 Å². The van der Waals surface area contributed by atoms with Gasteiger partial charge in [-0.05, 0) is 58.7 Å². The summed E-state index contributed by atoms with van der Waals surface area (Å²) in [7, 11) is 3.08. The number of rotatable bonds is 5. The molecule has 5 rings (SSSR count). The van der Waals surface area contributed by atoms with Gasteiger partial charge in [-0.25, -0.2) is 4.39 Å². The van der Waals surface area contributed by atoms with Crippen LogP contribution in [0.25, 0.3) is 0 Å². The van der Waals surface area contributed by atoms with Crippen LogP contribution in [0.15, 0.2) is 6.07 Å². The topological polar surface area (TPSA) is 170 Å². The third-order valence-electron chi connectivity index (χ3n) is 9.72. The molecule has 7 atom stereocenters. The van der Waals surface area contributed by atoms with Crippen molar-refractivity contribution in [1.29, 1.82) is 0 Å². The molecule has 0 heterocycles. The van der Waals surface area contributed by atoms with E-state index < -0.39 is 76.2 Å². The van der Waals surface area contributed by atoms with Gasteiger partial charge in [-0.2, -0.15) is 0 Å². The van der Waals surface area contributed by atoms with Gasteiger partial charge in [0.15, 0.2) is 28.9 Å². The highest BCUT2D eigenvalue weighted by Crippen LogP contribution is 2.52. The molecule has 3 saturated carbocycles. The maximum absolute atomic E-state index is 15.9. The molecule has 1 aromatic rings. The average Bonchev–Trinajstić information content (AvgIpc) is 3.28. The Bertz CT molecular complexity index is 1260. The quantitative estimate of drug-likeness (QED) is 0.325. The Labute approximate surface area is 225 Å². The van der Waals surface area contributed by atoms with Gasteiger partial charge < -0.3 is 26.4 Å². The standard InChI is InChI=1S/C28H36FN3O7/c1-27(6-4-5-7-27)31-11-13-10-16(33)18-14(20(13)29)8-12-9-15-21(32(2)3)23(35)19(26(30)38)25(37)28(15,39)24(36)17(12)22(18)34/h10,12,15,17,19,21,24,31,33,36,39H,4-9,11H2,1-3H3,(H2,30,38)/t12-,15-,17?,19?,21-,24?,28-/m0/s1. The van der Waals surface area contributed by atoms with Crippen LogP contribution in [0.2, 0.25) is 0 Å². The summed E-state index contributed by atoms with van der Waals surface area (Å²) in [6.07, 6.45) is 1.98. The molecule has 0 radical (unpaired) electrons. The molecule has 0 spiro atoms. The minimum absolute atomic E-state index is 0.0251. The van der Waals surface area contributed by atoms with E-state index in [2.05, 4.69) is 12.2 Å². The van der Waals surface area contributed by atoms with Crippen molar-refractivity contribution in [3.63, 3.8) is 0 Å². The summed E-state index contributed by atoms with van der Waals surface area (Å²) in [5, 5.41) is 37.3. The Morgan fingerprint density at radius 3 is 2.46 bits per heavy atom. The molecule has 0 bridgehead atoms. The second kappa shape index (κ2) is 9.43. The number of carbonyl (C=O) groups is 4. The number of Topliss-reactive ketones (excluding diaryl/α,β-unsaturated/α-hetero) is 3. The average molecular weight is 546 g/mol. The summed E-state index contributed by atoms with van der Waals surface area (Å²) in [5.41, 5.74) is 2.57. The first-order valence-electron chi connectivity index (χ1n) is 13.5. The second-order valence-corrected chi connectivity index (χ2v) is 12.3. The maximum atomic E-state index is 15.9. The maximum Gasteiger partial charge on any atom is 0.235 e. The van der Waals surface area contributed by atoms with E-state index in [1.165, 1.54) is 11.0 Å². The minimum atomic E-state index is -2.61. The number of aliphatic hydroxyl groups excluding tert-OH is 1. The zero-order valence-corrected chi connectivity index (χ0v) is 22.4. The summed E-state index contributed by atoms with van der Waals surface area (Å²) >= 11 is 0. The smallest absolute Gasteiger partial charge is 0.235 e. The zero-order valence-electron chi connectivity index (χ0n) is 22.4. The predicted molar refractivity (Wildman–Crippen MR) is 136 cm³/mol. The van der Waals surface area contributed by atoms with Gasteiger partial charge in [-0.3, -0.25) is 24.1 Å². The number of aliphatic hydroxyl groups is 2. The lowest BCUT2D eigenvalue weighted by Gasteiger charge is -2.56. The van der Waals surface area contributed by atoms with E-state index in [4.69, 9.17) is 5.73 Å². The summed E-state index contributed by atoms with van der Waals surface area (Å²) < 4.78 is 15.9. The monoisotopic (exact) mass is 545 g/mol. The van der Waals surface area contributed by atoms with Gasteiger partial charge >= 0.3 is 0 Å². The molecule has 6 N–H and O–H groups in total. The van der Waals surface area contributed by atoms with Crippen LogP contribution >= 0.6 is 0 Å². The van der Waals surface area contributed by atoms with E-state index >= 15 is 4.39 Å². The van der Waals surface area contributed by atoms with Crippen molar-refractivity contribution >= 4 is 23.3 Å². The number of hydrogen-bond acceptors (Lipinski definition) is 9. The summed E-state index contributed by atoms with van der Waals surface area (Å²) in [4.78, 5) is 53.7. The van der Waals surface area contributed by atoms with Gasteiger partial charge in [0, 0.05) is 29.1 Å². The fraction of sp³-hybridized carbons (Fsp3) is 0.643. The van der Waals surface area contributed by atoms with Crippen LogP contribution in [-0.4, -0.2) is 80.9 Å². The summed E-state index contributed by atoms with van der Waals surface area (Å²) in [6.45, 7) is 2.24. The first-order valence-corrected chi connectivity index (χ1v) is 13.5. The number of likely N-dealkylation sites (N-methyl/N-ethyl adjacent to an activating group) is 1. The van der Waals surface area contributed by atoms with Gasteiger partial charge in [0.25, 0.3) is 0 Å². The van der Waals surface area contributed by atoms with Crippen molar-refractivity contribution in [2.45, 2.75) is 75.3 Å². The largest absolute Gasteiger partial charge is 0.507 e. The molecule has 3 fully saturated rings. The normalized spacial score (nSPS) is 35.5. The number of amides is 1. The van der Waals surface area contributed by atoms with Gasteiger partial charge in [0.2, 0.25) is 5.91 Å². The van der Waals surface area contributed by atoms with Crippen LogP contribution in [-0.2, 0) is 27.3 Å². The molecule has 39 heavy (non-hydrogen) atoms. The third-order valence-corrected chi connectivity index (χ3v) is 9.72. The molecule has 0 aromatic heterocycles. The van der Waals surface area contributed by atoms with E-state index in [0.717, 1.165) is 25.7 Å². The molecule has 0 saturated heterocycles. The lowest BCUT2D eigenvalue weighted by molar-refractivity contribution is -0.203. The molecule has 4 aliphatic carbocycles. The first kappa shape index (κ1) is 27.8. The van der Waals surface area contributed by atoms with Crippen LogP contribution < -0.4 is 11.1 Å². The molecular weight excluding hydrogens is 509 g/mol. The number of ketones is 3. The van der Waals surface area contributed by atoms with Crippen molar-refractivity contribution in [1.82, 2.24) is 10.2 Å². The third kappa shape index (κ3) is 4.04. The summed E-state index contributed by atoms with van der Waals surface area (Å²) in [5.74, 6) is -10.3. The number of carbonyl (C=O) groups excluding carboxylic acids is 4. The van der Waals surface area contributed by atoms with Crippen LogP contribution in [0.3, 0.4) is 0 Å². The number of primary amides is 1. The summed E-state index contributed by atoms with van der Waals surface area (Å²) in [6, 6.07) is 0.0679. The molecular formula is C28H36FN3O7. The van der Waals surface area contributed by atoms with Crippen molar-refractivity contribution < 1.29 is 38.9 Å². The first-order chi connectivity index (χ1) is 18.2. The van der Waals surface area contributed by atoms with E-state index in [0.29, 0.717) is 0 Å². The number of aromatic hydroxyl groups is 1. The van der Waals surface area contributed by atoms with Crippen LogP contribution in [0, 0.1) is 29.5 Å². The van der Waals surface area contributed by atoms with E-state index in [1.54, 1.807) is 14.1 Å². The number of hydrogen-bond donors (Lipinski definition) is 5. The number of nitrogens with one attached hydrogen (secondary N) is 1. The fourth-order valence-electron chi connectivity index (χ4n) is 7.71. The Morgan fingerprint density at radius 2 is 1.87 bits per heavy atom. The molecule has 1 amide bonds. The highest BCUT2D eigenvalue weighted by atomic mass is 19.1. The zero-order chi connectivity index (χ0) is 28.6. The van der Waals surface area contributed by atoms with Gasteiger partial charge in [0.05, 0.1) is 17.5 Å². The number of phenols is 1. The molecule has 212 valence electrons. The van der Waals surface area contributed by atoms with Crippen LogP contribution in [0.1, 0.15) is 60.5 Å². The van der Waals surface area contributed by atoms with Crippen LogP contribution in [0.4, 0.5) is 4.39 Å². The highest BCUT2D eigenvalue weighted by molar-refractivity contribution is 6.24. The molecule has 11 heteroatoms. The Morgan fingerprint density at radius 1 is 1.23 bits per heavy atom. The predicted octanol–water partition coefficient (Wildman–Crippen LogP) is 0.220. The van der Waals surface area contributed by atoms with Crippen LogP contribution in [0.5, 0.6) is 5.75 Å². The second-order valence-electron chi connectivity index (χ2n) is 12.3.